The summed E-state index contributed by atoms with van der Waals surface area (Å²) in [5, 5.41) is 0. The Kier molecular flexibility index (Phi) is 4.90. The highest BCUT2D eigenvalue weighted by Crippen LogP contribution is 2.26. The third kappa shape index (κ3) is 4.39. The fraction of sp³-hybridized carbons (Fsp3) is 0.429. The van der Waals surface area contributed by atoms with Crippen molar-refractivity contribution in [3.8, 4) is 0 Å². The highest BCUT2D eigenvalue weighted by Gasteiger charge is 1.97. The predicted octanol–water partition coefficient (Wildman–Crippen LogP) is 4.40. The van der Waals surface area contributed by atoms with Crippen LogP contribution in [0, 0.1) is 11.8 Å². The van der Waals surface area contributed by atoms with E-state index in [0.717, 1.165) is 11.4 Å². The Bertz CT molecular complexity index is 339. The minimum Gasteiger partial charge on any atom is -0.259 e. The van der Waals surface area contributed by atoms with Crippen LogP contribution in [0.3, 0.4) is 0 Å². The molecule has 2 heteroatoms. The zero-order valence-electron chi connectivity index (χ0n) is 10.5. The number of hydrogen-bond acceptors (Lipinski definition) is 2. The first-order chi connectivity index (χ1) is 7.59. The first-order valence-electron chi connectivity index (χ1n) is 5.77. The molecule has 0 unspecified atom stereocenters. The van der Waals surface area contributed by atoms with E-state index in [1.807, 2.05) is 36.7 Å². The molecule has 1 rings (SSSR count). The van der Waals surface area contributed by atoms with Gasteiger partial charge < -0.3 is 0 Å². The minimum absolute atomic E-state index is 0.460. The molecule has 0 aromatic heterocycles. The Morgan fingerprint density at radius 2 is 1.19 bits per heavy atom. The number of nitrogens with zero attached hydrogens (tertiary/aromatic N) is 2. The van der Waals surface area contributed by atoms with E-state index in [1.54, 1.807) is 0 Å². The summed E-state index contributed by atoms with van der Waals surface area (Å²) < 4.78 is 0. The second-order valence-electron chi connectivity index (χ2n) is 4.53. The predicted molar refractivity (Wildman–Crippen MR) is 72.4 cm³/mol. The molecule has 86 valence electrons. The highest BCUT2D eigenvalue weighted by molar-refractivity contribution is 5.75. The van der Waals surface area contributed by atoms with Crippen molar-refractivity contribution in [3.63, 3.8) is 0 Å². The smallest absolute Gasteiger partial charge is 0.0882 e. The van der Waals surface area contributed by atoms with Gasteiger partial charge in [0, 0.05) is 12.4 Å². The lowest BCUT2D eigenvalue weighted by Gasteiger charge is -2.01. The lowest BCUT2D eigenvalue weighted by atomic mass is 10.2. The zero-order valence-corrected chi connectivity index (χ0v) is 10.5. The van der Waals surface area contributed by atoms with Crippen LogP contribution in [0.2, 0.25) is 0 Å². The maximum atomic E-state index is 4.44. The van der Waals surface area contributed by atoms with Crippen LogP contribution in [0.1, 0.15) is 27.7 Å². The lowest BCUT2D eigenvalue weighted by Crippen LogP contribution is -1.87. The average molecular weight is 216 g/mol. The number of para-hydroxylation sites is 2. The van der Waals surface area contributed by atoms with Crippen molar-refractivity contribution in [1.82, 2.24) is 0 Å². The standard InChI is InChI=1S/C14H20N2/c1-11(2)9-15-13-7-5-6-8-14(13)16-10-12(3)4/h5-12H,1-4H3. The molecule has 0 amide bonds. The van der Waals surface area contributed by atoms with Crippen molar-refractivity contribution >= 4 is 23.8 Å². The number of hydrogen-bond donors (Lipinski definition) is 0. The second-order valence-corrected chi connectivity index (χ2v) is 4.53. The van der Waals surface area contributed by atoms with Crippen LogP contribution in [-0.2, 0) is 0 Å². The van der Waals surface area contributed by atoms with Crippen molar-refractivity contribution in [2.24, 2.45) is 21.8 Å². The van der Waals surface area contributed by atoms with Gasteiger partial charge in [-0.15, -0.1) is 0 Å². The van der Waals surface area contributed by atoms with Gasteiger partial charge in [0.2, 0.25) is 0 Å². The summed E-state index contributed by atoms with van der Waals surface area (Å²) in [5.74, 6) is 0.921. The fourth-order valence-corrected chi connectivity index (χ4v) is 1.14. The van der Waals surface area contributed by atoms with E-state index in [-0.39, 0.29) is 0 Å². The Morgan fingerprint density at radius 1 is 0.812 bits per heavy atom. The average Bonchev–Trinajstić information content (AvgIpc) is 2.24. The summed E-state index contributed by atoms with van der Waals surface area (Å²) in [6.45, 7) is 8.46. The molecule has 0 heterocycles. The summed E-state index contributed by atoms with van der Waals surface area (Å²) >= 11 is 0. The fourth-order valence-electron chi connectivity index (χ4n) is 1.14. The SMILES string of the molecule is CC(C)C=Nc1ccccc1N=CC(C)C. The molecule has 0 aliphatic heterocycles. The molecule has 0 aliphatic carbocycles. The Hall–Kier alpha value is -1.44. The molecule has 0 saturated carbocycles. The van der Waals surface area contributed by atoms with Crippen LogP contribution < -0.4 is 0 Å². The van der Waals surface area contributed by atoms with E-state index in [4.69, 9.17) is 0 Å². The molecule has 0 atom stereocenters. The first kappa shape index (κ1) is 12.6. The molecule has 16 heavy (non-hydrogen) atoms. The van der Waals surface area contributed by atoms with E-state index >= 15 is 0 Å². The molecule has 0 N–H and O–H groups in total. The molecule has 1 aromatic carbocycles. The van der Waals surface area contributed by atoms with Crippen molar-refractivity contribution in [1.29, 1.82) is 0 Å². The van der Waals surface area contributed by atoms with E-state index < -0.39 is 0 Å². The Balaban J connectivity index is 2.92. The zero-order chi connectivity index (χ0) is 12.0. The monoisotopic (exact) mass is 216 g/mol. The molecule has 0 fully saturated rings. The normalized spacial score (nSPS) is 12.4. The molecular weight excluding hydrogens is 196 g/mol. The third-order valence-electron chi connectivity index (χ3n) is 1.91. The Labute approximate surface area is 98.1 Å². The van der Waals surface area contributed by atoms with E-state index in [0.29, 0.717) is 11.8 Å². The van der Waals surface area contributed by atoms with Gasteiger partial charge in [0.15, 0.2) is 0 Å². The summed E-state index contributed by atoms with van der Waals surface area (Å²) in [6, 6.07) is 7.96. The van der Waals surface area contributed by atoms with Crippen LogP contribution in [0.4, 0.5) is 11.4 Å². The minimum atomic E-state index is 0.460. The van der Waals surface area contributed by atoms with Gasteiger partial charge in [-0.05, 0) is 24.0 Å². The van der Waals surface area contributed by atoms with Gasteiger partial charge in [-0.3, -0.25) is 9.98 Å². The van der Waals surface area contributed by atoms with Crippen LogP contribution in [0.5, 0.6) is 0 Å². The van der Waals surface area contributed by atoms with Crippen molar-refractivity contribution in [2.45, 2.75) is 27.7 Å². The molecule has 0 bridgehead atoms. The first-order valence-corrected chi connectivity index (χ1v) is 5.77. The van der Waals surface area contributed by atoms with Crippen LogP contribution >= 0.6 is 0 Å². The molecule has 2 nitrogen and oxygen atoms in total. The van der Waals surface area contributed by atoms with Gasteiger partial charge in [0.05, 0.1) is 11.4 Å². The Morgan fingerprint density at radius 3 is 1.50 bits per heavy atom. The number of rotatable bonds is 4. The molecular formula is C14H20N2. The second kappa shape index (κ2) is 6.21. The maximum Gasteiger partial charge on any atom is 0.0882 e. The molecule has 1 aromatic rings. The van der Waals surface area contributed by atoms with Gasteiger partial charge in [0.1, 0.15) is 0 Å². The third-order valence-corrected chi connectivity index (χ3v) is 1.91. The maximum absolute atomic E-state index is 4.44. The summed E-state index contributed by atoms with van der Waals surface area (Å²) in [4.78, 5) is 8.89. The molecule has 0 saturated heterocycles. The topological polar surface area (TPSA) is 24.7 Å². The lowest BCUT2D eigenvalue weighted by molar-refractivity contribution is 0.906. The summed E-state index contributed by atoms with van der Waals surface area (Å²) in [5.41, 5.74) is 1.88. The molecule has 0 spiro atoms. The molecule has 0 radical (unpaired) electrons. The van der Waals surface area contributed by atoms with Gasteiger partial charge in [-0.2, -0.15) is 0 Å². The van der Waals surface area contributed by atoms with Crippen LogP contribution in [0.15, 0.2) is 34.3 Å². The van der Waals surface area contributed by atoms with Crippen molar-refractivity contribution in [2.75, 3.05) is 0 Å². The summed E-state index contributed by atoms with van der Waals surface area (Å²) in [6.07, 6.45) is 3.90. The van der Waals surface area contributed by atoms with Gasteiger partial charge in [-0.1, -0.05) is 39.8 Å². The van der Waals surface area contributed by atoms with Gasteiger partial charge in [0.25, 0.3) is 0 Å². The van der Waals surface area contributed by atoms with E-state index in [9.17, 15) is 0 Å². The highest BCUT2D eigenvalue weighted by atomic mass is 14.8. The van der Waals surface area contributed by atoms with Gasteiger partial charge in [-0.25, -0.2) is 0 Å². The quantitative estimate of drug-likeness (QED) is 0.666. The van der Waals surface area contributed by atoms with Crippen molar-refractivity contribution < 1.29 is 0 Å². The van der Waals surface area contributed by atoms with E-state index in [2.05, 4.69) is 37.7 Å². The summed E-state index contributed by atoms with van der Waals surface area (Å²) in [7, 11) is 0. The molecule has 0 aliphatic rings. The van der Waals surface area contributed by atoms with Gasteiger partial charge >= 0.3 is 0 Å². The number of benzene rings is 1. The number of aliphatic imine (C=N–C) groups is 2. The van der Waals surface area contributed by atoms with Crippen LogP contribution in [-0.4, -0.2) is 12.4 Å². The van der Waals surface area contributed by atoms with Crippen LogP contribution in [0.25, 0.3) is 0 Å². The largest absolute Gasteiger partial charge is 0.259 e. The van der Waals surface area contributed by atoms with E-state index in [1.165, 1.54) is 0 Å². The van der Waals surface area contributed by atoms with Crippen molar-refractivity contribution in [3.05, 3.63) is 24.3 Å².